The number of nitrogens with zero attached hydrogens (tertiary/aromatic N) is 4. The van der Waals surface area contributed by atoms with Crippen LogP contribution in [0.2, 0.25) is 0 Å². The van der Waals surface area contributed by atoms with Gasteiger partial charge in [0.25, 0.3) is 0 Å². The van der Waals surface area contributed by atoms with Crippen LogP contribution in [0, 0.1) is 0 Å². The molecule has 4 nitrogen and oxygen atoms in total. The van der Waals surface area contributed by atoms with E-state index in [-0.39, 0.29) is 0 Å². The average molecular weight is 166 g/mol. The third-order valence-electron chi connectivity index (χ3n) is 1.49. The summed E-state index contributed by atoms with van der Waals surface area (Å²) in [7, 11) is 3.83. The predicted octanol–water partition coefficient (Wildman–Crippen LogP) is 1.06. The van der Waals surface area contributed by atoms with Gasteiger partial charge in [-0.1, -0.05) is 13.8 Å². The van der Waals surface area contributed by atoms with E-state index in [0.29, 0.717) is 11.9 Å². The fraction of sp³-hybridized carbons (Fsp3) is 0.625. The minimum Gasteiger partial charge on any atom is -0.347 e. The van der Waals surface area contributed by atoms with Gasteiger partial charge in [0.2, 0.25) is 5.95 Å². The van der Waals surface area contributed by atoms with Crippen molar-refractivity contribution in [3.8, 4) is 0 Å². The molecule has 1 aromatic heterocycles. The van der Waals surface area contributed by atoms with Crippen LogP contribution in [-0.2, 0) is 0 Å². The Hall–Kier alpha value is -1.19. The first-order chi connectivity index (χ1) is 5.61. The summed E-state index contributed by atoms with van der Waals surface area (Å²) < 4.78 is 0. The highest BCUT2D eigenvalue weighted by Crippen LogP contribution is 2.09. The molecule has 0 radical (unpaired) electrons. The molecule has 0 aliphatic rings. The van der Waals surface area contributed by atoms with Crippen LogP contribution < -0.4 is 4.90 Å². The van der Waals surface area contributed by atoms with Crippen molar-refractivity contribution in [1.82, 2.24) is 15.0 Å². The molecule has 0 unspecified atom stereocenters. The van der Waals surface area contributed by atoms with Gasteiger partial charge in [0.1, 0.15) is 12.2 Å². The molecule has 1 rings (SSSR count). The van der Waals surface area contributed by atoms with Crippen molar-refractivity contribution in [3.63, 3.8) is 0 Å². The van der Waals surface area contributed by atoms with Gasteiger partial charge in [0, 0.05) is 20.0 Å². The normalized spacial score (nSPS) is 10.4. The molecule has 0 saturated heterocycles. The highest BCUT2D eigenvalue weighted by molar-refractivity contribution is 5.25. The molecule has 0 aliphatic carbocycles. The van der Waals surface area contributed by atoms with Crippen LogP contribution in [0.3, 0.4) is 0 Å². The van der Waals surface area contributed by atoms with Gasteiger partial charge >= 0.3 is 0 Å². The van der Waals surface area contributed by atoms with Crippen LogP contribution >= 0.6 is 0 Å². The molecule has 1 heterocycles. The summed E-state index contributed by atoms with van der Waals surface area (Å²) >= 11 is 0. The van der Waals surface area contributed by atoms with Crippen molar-refractivity contribution in [3.05, 3.63) is 12.2 Å². The molecular formula is C8H14N4. The Labute approximate surface area is 72.7 Å². The predicted molar refractivity (Wildman–Crippen MR) is 48.2 cm³/mol. The van der Waals surface area contributed by atoms with E-state index in [1.54, 1.807) is 6.33 Å². The first-order valence-corrected chi connectivity index (χ1v) is 3.97. The lowest BCUT2D eigenvalue weighted by atomic mass is 10.2. The third-order valence-corrected chi connectivity index (χ3v) is 1.49. The number of hydrogen-bond donors (Lipinski definition) is 0. The topological polar surface area (TPSA) is 41.9 Å². The van der Waals surface area contributed by atoms with Crippen molar-refractivity contribution < 1.29 is 0 Å². The molecule has 0 aliphatic heterocycles. The van der Waals surface area contributed by atoms with Gasteiger partial charge in [-0.05, 0) is 0 Å². The summed E-state index contributed by atoms with van der Waals surface area (Å²) in [6, 6.07) is 0. The van der Waals surface area contributed by atoms with Gasteiger partial charge < -0.3 is 4.90 Å². The molecule has 0 aromatic carbocycles. The van der Waals surface area contributed by atoms with Crippen molar-refractivity contribution in [2.24, 2.45) is 0 Å². The lowest BCUT2D eigenvalue weighted by molar-refractivity contribution is 0.753. The Kier molecular flexibility index (Phi) is 2.58. The number of hydrogen-bond acceptors (Lipinski definition) is 4. The van der Waals surface area contributed by atoms with E-state index in [1.807, 2.05) is 19.0 Å². The van der Waals surface area contributed by atoms with Crippen molar-refractivity contribution in [2.75, 3.05) is 19.0 Å². The highest BCUT2D eigenvalue weighted by atomic mass is 15.2. The Morgan fingerprint density at radius 1 is 1.25 bits per heavy atom. The first kappa shape index (κ1) is 8.90. The molecule has 12 heavy (non-hydrogen) atoms. The number of aromatic nitrogens is 3. The minimum absolute atomic E-state index is 0.353. The van der Waals surface area contributed by atoms with E-state index in [2.05, 4.69) is 28.8 Å². The summed E-state index contributed by atoms with van der Waals surface area (Å²) in [4.78, 5) is 14.2. The van der Waals surface area contributed by atoms with Crippen LogP contribution in [0.5, 0.6) is 0 Å². The summed E-state index contributed by atoms with van der Waals surface area (Å²) in [5.41, 5.74) is 0. The molecule has 0 atom stereocenters. The van der Waals surface area contributed by atoms with E-state index < -0.39 is 0 Å². The van der Waals surface area contributed by atoms with Gasteiger partial charge in [0.15, 0.2) is 0 Å². The molecule has 0 N–H and O–H groups in total. The molecule has 0 amide bonds. The van der Waals surface area contributed by atoms with E-state index in [1.165, 1.54) is 0 Å². The van der Waals surface area contributed by atoms with Crippen LogP contribution in [0.4, 0.5) is 5.95 Å². The van der Waals surface area contributed by atoms with E-state index in [9.17, 15) is 0 Å². The fourth-order valence-corrected chi connectivity index (χ4v) is 0.793. The standard InChI is InChI=1S/C8H14N4/c1-6(2)7-9-5-10-8(11-7)12(3)4/h5-6H,1-4H3. The molecule has 0 spiro atoms. The second-order valence-corrected chi connectivity index (χ2v) is 3.19. The summed E-state index contributed by atoms with van der Waals surface area (Å²) in [5, 5.41) is 0. The van der Waals surface area contributed by atoms with Crippen molar-refractivity contribution in [2.45, 2.75) is 19.8 Å². The maximum atomic E-state index is 4.28. The largest absolute Gasteiger partial charge is 0.347 e. The second-order valence-electron chi connectivity index (χ2n) is 3.19. The maximum absolute atomic E-state index is 4.28. The zero-order valence-corrected chi connectivity index (χ0v) is 7.94. The Balaban J connectivity index is 2.96. The van der Waals surface area contributed by atoms with Gasteiger partial charge in [-0.2, -0.15) is 4.98 Å². The quantitative estimate of drug-likeness (QED) is 0.658. The molecule has 1 aromatic rings. The average Bonchev–Trinajstić information content (AvgIpc) is 2.04. The minimum atomic E-state index is 0.353. The third kappa shape index (κ3) is 1.90. The van der Waals surface area contributed by atoms with E-state index >= 15 is 0 Å². The molecule has 0 fully saturated rings. The van der Waals surface area contributed by atoms with Crippen LogP contribution in [0.1, 0.15) is 25.6 Å². The van der Waals surface area contributed by atoms with Gasteiger partial charge in [-0.3, -0.25) is 0 Å². The Bertz CT molecular complexity index is 234. The summed E-state index contributed by atoms with van der Waals surface area (Å²) in [5.74, 6) is 1.91. The van der Waals surface area contributed by atoms with Crippen LogP contribution in [0.25, 0.3) is 0 Å². The summed E-state index contributed by atoms with van der Waals surface area (Å²) in [6.07, 6.45) is 1.55. The van der Waals surface area contributed by atoms with E-state index in [4.69, 9.17) is 0 Å². The van der Waals surface area contributed by atoms with Crippen LogP contribution in [-0.4, -0.2) is 29.0 Å². The Morgan fingerprint density at radius 3 is 2.42 bits per heavy atom. The lowest BCUT2D eigenvalue weighted by Gasteiger charge is -2.10. The smallest absolute Gasteiger partial charge is 0.228 e. The lowest BCUT2D eigenvalue weighted by Crippen LogP contribution is -2.14. The fourth-order valence-electron chi connectivity index (χ4n) is 0.793. The monoisotopic (exact) mass is 166 g/mol. The number of anilines is 1. The first-order valence-electron chi connectivity index (χ1n) is 3.97. The molecule has 0 bridgehead atoms. The van der Waals surface area contributed by atoms with Crippen molar-refractivity contribution in [1.29, 1.82) is 0 Å². The van der Waals surface area contributed by atoms with Crippen LogP contribution in [0.15, 0.2) is 6.33 Å². The molecular weight excluding hydrogens is 152 g/mol. The van der Waals surface area contributed by atoms with Gasteiger partial charge in [-0.25, -0.2) is 9.97 Å². The zero-order chi connectivity index (χ0) is 9.14. The number of rotatable bonds is 2. The van der Waals surface area contributed by atoms with Crippen molar-refractivity contribution >= 4 is 5.95 Å². The second kappa shape index (κ2) is 3.47. The maximum Gasteiger partial charge on any atom is 0.228 e. The van der Waals surface area contributed by atoms with Gasteiger partial charge in [0.05, 0.1) is 0 Å². The molecule has 4 heteroatoms. The molecule has 0 saturated carbocycles. The summed E-state index contributed by atoms with van der Waals surface area (Å²) in [6.45, 7) is 4.13. The zero-order valence-electron chi connectivity index (χ0n) is 7.94. The Morgan fingerprint density at radius 2 is 1.92 bits per heavy atom. The molecule has 66 valence electrons. The SMILES string of the molecule is CC(C)c1ncnc(N(C)C)n1. The van der Waals surface area contributed by atoms with Gasteiger partial charge in [-0.15, -0.1) is 0 Å². The highest BCUT2D eigenvalue weighted by Gasteiger charge is 2.05. The van der Waals surface area contributed by atoms with E-state index in [0.717, 1.165) is 5.82 Å².